The van der Waals surface area contributed by atoms with Gasteiger partial charge in [-0.3, -0.25) is 9.59 Å². The molecule has 2 aromatic carbocycles. The molecule has 1 unspecified atom stereocenters. The summed E-state index contributed by atoms with van der Waals surface area (Å²) in [5.74, 6) is 0.493. The summed E-state index contributed by atoms with van der Waals surface area (Å²) in [5, 5.41) is 0. The minimum atomic E-state index is -0.0197. The van der Waals surface area contributed by atoms with Gasteiger partial charge in [-0.2, -0.15) is 0 Å². The third-order valence-electron chi connectivity index (χ3n) is 5.55. The van der Waals surface area contributed by atoms with Crippen LogP contribution in [0.1, 0.15) is 75.9 Å². The summed E-state index contributed by atoms with van der Waals surface area (Å²) < 4.78 is 0. The van der Waals surface area contributed by atoms with Gasteiger partial charge in [0.2, 0.25) is 0 Å². The van der Waals surface area contributed by atoms with Gasteiger partial charge in [0, 0.05) is 22.3 Å². The molecule has 2 nitrogen and oxygen atoms in total. The lowest BCUT2D eigenvalue weighted by atomic mass is 9.78. The Morgan fingerprint density at radius 1 is 0.760 bits per heavy atom. The highest BCUT2D eigenvalue weighted by atomic mass is 16.1. The molecule has 2 aliphatic carbocycles. The summed E-state index contributed by atoms with van der Waals surface area (Å²) in [6.45, 7) is 0. The predicted molar refractivity (Wildman–Crippen MR) is 98.9 cm³/mol. The number of hydrogen-bond donors (Lipinski definition) is 0. The number of hydrogen-bond acceptors (Lipinski definition) is 2. The van der Waals surface area contributed by atoms with E-state index in [0.717, 1.165) is 18.4 Å². The van der Waals surface area contributed by atoms with Gasteiger partial charge in [-0.05, 0) is 37.2 Å². The Balaban J connectivity index is 1.69. The van der Waals surface area contributed by atoms with Crippen LogP contribution in [-0.4, -0.2) is 11.6 Å². The molecule has 2 heteroatoms. The molecule has 1 saturated carbocycles. The largest absolute Gasteiger partial charge is 0.289 e. The van der Waals surface area contributed by atoms with Crippen LogP contribution in [0.2, 0.25) is 0 Å². The lowest BCUT2D eigenvalue weighted by Gasteiger charge is -2.24. The van der Waals surface area contributed by atoms with E-state index >= 15 is 0 Å². The summed E-state index contributed by atoms with van der Waals surface area (Å²) in [7, 11) is 0. The molecule has 25 heavy (non-hydrogen) atoms. The first-order valence-corrected chi connectivity index (χ1v) is 9.39. The molecule has 1 radical (unpaired) electrons. The van der Waals surface area contributed by atoms with Crippen molar-refractivity contribution < 1.29 is 9.59 Å². The van der Waals surface area contributed by atoms with Gasteiger partial charge in [0.15, 0.2) is 11.6 Å². The van der Waals surface area contributed by atoms with Crippen molar-refractivity contribution in [3.63, 3.8) is 0 Å². The van der Waals surface area contributed by atoms with Crippen molar-refractivity contribution in [3.05, 3.63) is 76.7 Å². The zero-order valence-corrected chi connectivity index (χ0v) is 14.5. The van der Waals surface area contributed by atoms with E-state index in [1.54, 1.807) is 18.2 Å². The molecule has 0 amide bonds. The van der Waals surface area contributed by atoms with Crippen LogP contribution in [0.5, 0.6) is 0 Å². The average Bonchev–Trinajstić information content (AvgIpc) is 2.62. The van der Waals surface area contributed by atoms with Gasteiger partial charge in [-0.1, -0.05) is 68.1 Å². The van der Waals surface area contributed by atoms with E-state index in [0.29, 0.717) is 28.2 Å². The van der Waals surface area contributed by atoms with Crippen molar-refractivity contribution in [3.8, 4) is 0 Å². The molecule has 0 N–H and O–H groups in total. The Kier molecular flexibility index (Phi) is 4.52. The molecule has 1 fully saturated rings. The quantitative estimate of drug-likeness (QED) is 0.648. The fourth-order valence-corrected chi connectivity index (χ4v) is 4.23. The number of ketones is 2. The molecule has 4 rings (SSSR count). The summed E-state index contributed by atoms with van der Waals surface area (Å²) in [4.78, 5) is 25.9. The number of rotatable bonds is 2. The van der Waals surface area contributed by atoms with Gasteiger partial charge in [-0.25, -0.2) is 0 Å². The van der Waals surface area contributed by atoms with Crippen molar-refractivity contribution in [1.29, 1.82) is 0 Å². The summed E-state index contributed by atoms with van der Waals surface area (Å²) in [5.41, 5.74) is 3.34. The van der Waals surface area contributed by atoms with E-state index in [2.05, 4.69) is 6.42 Å². The molecule has 0 aliphatic heterocycles. The van der Waals surface area contributed by atoms with Crippen LogP contribution in [0.3, 0.4) is 0 Å². The van der Waals surface area contributed by atoms with Crippen molar-refractivity contribution in [2.75, 3.05) is 0 Å². The van der Waals surface area contributed by atoms with Gasteiger partial charge in [0.1, 0.15) is 0 Å². The predicted octanol–water partition coefficient (Wildman–Crippen LogP) is 5.18. The van der Waals surface area contributed by atoms with E-state index in [4.69, 9.17) is 0 Å². The first-order chi connectivity index (χ1) is 12.3. The van der Waals surface area contributed by atoms with Crippen LogP contribution in [0, 0.1) is 12.3 Å². The summed E-state index contributed by atoms with van der Waals surface area (Å²) in [6.07, 6.45) is 10.8. The Hall–Kier alpha value is -2.22. The second kappa shape index (κ2) is 6.95. The molecule has 2 aromatic rings. The van der Waals surface area contributed by atoms with Crippen molar-refractivity contribution in [2.24, 2.45) is 5.92 Å². The molecule has 0 heterocycles. The number of benzene rings is 2. The molecule has 2 aliphatic rings. The normalized spacial score (nSPS) is 18.2. The average molecular weight is 331 g/mol. The molecule has 0 bridgehead atoms. The maximum absolute atomic E-state index is 13.1. The first kappa shape index (κ1) is 16.3. The second-order valence-electron chi connectivity index (χ2n) is 7.23. The van der Waals surface area contributed by atoms with Crippen LogP contribution >= 0.6 is 0 Å². The maximum Gasteiger partial charge on any atom is 0.194 e. The van der Waals surface area contributed by atoms with Gasteiger partial charge < -0.3 is 0 Å². The number of carbonyl (C=O) groups excluding carboxylic acids is 2. The zero-order chi connectivity index (χ0) is 17.2. The summed E-state index contributed by atoms with van der Waals surface area (Å²) >= 11 is 0. The van der Waals surface area contributed by atoms with E-state index in [9.17, 15) is 9.59 Å². The highest BCUT2D eigenvalue weighted by molar-refractivity contribution is 6.28. The van der Waals surface area contributed by atoms with Gasteiger partial charge in [0.25, 0.3) is 0 Å². The van der Waals surface area contributed by atoms with Crippen LogP contribution in [0.15, 0.2) is 42.5 Å². The molecule has 0 spiro atoms. The van der Waals surface area contributed by atoms with Gasteiger partial charge in [0.05, 0.1) is 0 Å². The molecule has 127 valence electrons. The van der Waals surface area contributed by atoms with Crippen LogP contribution in [0.25, 0.3) is 0 Å². The number of carbonyl (C=O) groups is 2. The minimum Gasteiger partial charge on any atom is -0.289 e. The van der Waals surface area contributed by atoms with Crippen molar-refractivity contribution in [2.45, 2.75) is 44.9 Å². The fraction of sp³-hybridized carbons (Fsp3) is 0.348. The van der Waals surface area contributed by atoms with Crippen molar-refractivity contribution in [1.82, 2.24) is 0 Å². The van der Waals surface area contributed by atoms with E-state index in [-0.39, 0.29) is 11.6 Å². The Morgan fingerprint density at radius 3 is 2.32 bits per heavy atom. The third-order valence-corrected chi connectivity index (χ3v) is 5.55. The molecule has 0 saturated heterocycles. The smallest absolute Gasteiger partial charge is 0.194 e. The molecule has 0 aromatic heterocycles. The molecule has 1 atom stereocenters. The van der Waals surface area contributed by atoms with Crippen LogP contribution in [0.4, 0.5) is 0 Å². The minimum absolute atomic E-state index is 0.00615. The first-order valence-electron chi connectivity index (χ1n) is 9.39. The van der Waals surface area contributed by atoms with E-state index in [1.165, 1.54) is 32.1 Å². The Bertz CT molecular complexity index is 811. The number of fused-ring (bicyclic) bond motifs is 2. The topological polar surface area (TPSA) is 34.1 Å². The SMILES string of the molecule is O=C1c2ccccc2C(=O)c2c(CC3[CH]CCCCCC3)cccc21. The zero-order valence-electron chi connectivity index (χ0n) is 14.5. The lowest BCUT2D eigenvalue weighted by Crippen LogP contribution is -2.23. The van der Waals surface area contributed by atoms with Crippen LogP contribution in [-0.2, 0) is 6.42 Å². The second-order valence-corrected chi connectivity index (χ2v) is 7.23. The van der Waals surface area contributed by atoms with Crippen LogP contribution < -0.4 is 0 Å². The maximum atomic E-state index is 13.1. The molecular formula is C23H23O2. The standard InChI is InChI=1S/C23H23O2/c24-22-18-12-6-7-13-19(18)23(25)21-17(11-8-14-20(21)22)15-16-9-4-2-1-3-5-10-16/h6-9,11-14,16H,1-5,10,15H2. The van der Waals surface area contributed by atoms with Gasteiger partial charge >= 0.3 is 0 Å². The Labute approximate surface area is 149 Å². The highest BCUT2D eigenvalue weighted by Gasteiger charge is 2.31. The monoisotopic (exact) mass is 331 g/mol. The Morgan fingerprint density at radius 2 is 1.48 bits per heavy atom. The summed E-state index contributed by atoms with van der Waals surface area (Å²) in [6, 6.07) is 12.9. The van der Waals surface area contributed by atoms with E-state index in [1.807, 2.05) is 24.3 Å². The molecular weight excluding hydrogens is 308 g/mol. The lowest BCUT2D eigenvalue weighted by molar-refractivity contribution is 0.0978. The van der Waals surface area contributed by atoms with Crippen molar-refractivity contribution >= 4 is 11.6 Å². The van der Waals surface area contributed by atoms with Gasteiger partial charge in [-0.15, -0.1) is 0 Å². The highest BCUT2D eigenvalue weighted by Crippen LogP contribution is 2.32. The third kappa shape index (κ3) is 3.06. The van der Waals surface area contributed by atoms with E-state index < -0.39 is 0 Å². The fourth-order valence-electron chi connectivity index (χ4n) is 4.23.